The van der Waals surface area contributed by atoms with Crippen LogP contribution in [-0.4, -0.2) is 41.5 Å². The Morgan fingerprint density at radius 2 is 2.04 bits per heavy atom. The molecule has 7 heteroatoms. The lowest BCUT2D eigenvalue weighted by molar-refractivity contribution is -0.116. The van der Waals surface area contributed by atoms with E-state index in [0.717, 1.165) is 30.8 Å². The Balaban J connectivity index is 1.74. The summed E-state index contributed by atoms with van der Waals surface area (Å²) in [6.07, 6.45) is 4.62. The Labute approximate surface area is 154 Å². The maximum absolute atomic E-state index is 12.0. The molecule has 0 aromatic carbocycles. The van der Waals surface area contributed by atoms with Crippen molar-refractivity contribution in [3.8, 4) is 0 Å². The summed E-state index contributed by atoms with van der Waals surface area (Å²) in [6, 6.07) is 9.58. The number of nitrogens with one attached hydrogen (secondary N) is 3. The van der Waals surface area contributed by atoms with E-state index in [1.807, 2.05) is 38.1 Å². The van der Waals surface area contributed by atoms with E-state index in [1.165, 1.54) is 0 Å². The van der Waals surface area contributed by atoms with Gasteiger partial charge in [-0.05, 0) is 37.6 Å². The largest absolute Gasteiger partial charge is 0.357 e. The highest BCUT2D eigenvalue weighted by molar-refractivity contribution is 5.90. The van der Waals surface area contributed by atoms with Gasteiger partial charge in [0.25, 0.3) is 0 Å². The van der Waals surface area contributed by atoms with Crippen LogP contribution in [0.3, 0.4) is 0 Å². The second kappa shape index (κ2) is 10.8. The minimum absolute atomic E-state index is 0.102. The van der Waals surface area contributed by atoms with Crippen LogP contribution in [0, 0.1) is 6.92 Å². The fourth-order valence-electron chi connectivity index (χ4n) is 2.21. The lowest BCUT2D eigenvalue weighted by Crippen LogP contribution is -2.38. The number of nitrogens with zero attached hydrogens (tertiary/aromatic N) is 3. The SMILES string of the molecule is CCNC(=NCCC(=O)Nc1ccc(C)cn1)NCCc1ccccn1. The molecule has 0 atom stereocenters. The van der Waals surface area contributed by atoms with Gasteiger partial charge in [0.1, 0.15) is 5.82 Å². The van der Waals surface area contributed by atoms with Crippen LogP contribution in [0.2, 0.25) is 0 Å². The van der Waals surface area contributed by atoms with Crippen molar-refractivity contribution in [2.75, 3.05) is 25.0 Å². The van der Waals surface area contributed by atoms with Crippen molar-refractivity contribution in [1.29, 1.82) is 0 Å². The average molecular weight is 354 g/mol. The number of guanidine groups is 1. The summed E-state index contributed by atoms with van der Waals surface area (Å²) in [5, 5.41) is 9.20. The van der Waals surface area contributed by atoms with E-state index in [-0.39, 0.29) is 5.91 Å². The number of anilines is 1. The number of aryl methyl sites for hydroxylation is 1. The number of hydrogen-bond acceptors (Lipinski definition) is 4. The number of hydrogen-bond donors (Lipinski definition) is 3. The molecule has 138 valence electrons. The molecule has 0 saturated heterocycles. The van der Waals surface area contributed by atoms with Crippen LogP contribution in [0.15, 0.2) is 47.7 Å². The quantitative estimate of drug-likeness (QED) is 0.498. The second-order valence-corrected chi connectivity index (χ2v) is 5.78. The second-order valence-electron chi connectivity index (χ2n) is 5.78. The maximum atomic E-state index is 12.0. The van der Waals surface area contributed by atoms with E-state index in [2.05, 4.69) is 30.9 Å². The molecule has 0 bridgehead atoms. The molecule has 2 aromatic rings. The highest BCUT2D eigenvalue weighted by Gasteiger charge is 2.04. The van der Waals surface area contributed by atoms with E-state index in [9.17, 15) is 4.79 Å². The Bertz CT molecular complexity index is 700. The van der Waals surface area contributed by atoms with Crippen molar-refractivity contribution < 1.29 is 4.79 Å². The number of amides is 1. The third-order valence-corrected chi connectivity index (χ3v) is 3.53. The van der Waals surface area contributed by atoms with Gasteiger partial charge in [0.05, 0.1) is 6.54 Å². The fourth-order valence-corrected chi connectivity index (χ4v) is 2.21. The maximum Gasteiger partial charge on any atom is 0.227 e. The molecule has 0 aliphatic heterocycles. The molecule has 2 heterocycles. The summed E-state index contributed by atoms with van der Waals surface area (Å²) in [4.78, 5) is 24.9. The van der Waals surface area contributed by atoms with Crippen LogP contribution in [0.5, 0.6) is 0 Å². The predicted molar refractivity (Wildman–Crippen MR) is 104 cm³/mol. The fraction of sp³-hybridized carbons (Fsp3) is 0.368. The van der Waals surface area contributed by atoms with Gasteiger partial charge in [-0.2, -0.15) is 0 Å². The number of carbonyl (C=O) groups excluding carboxylic acids is 1. The zero-order valence-corrected chi connectivity index (χ0v) is 15.3. The lowest BCUT2D eigenvalue weighted by Gasteiger charge is -2.11. The smallest absolute Gasteiger partial charge is 0.227 e. The Morgan fingerprint density at radius 3 is 2.73 bits per heavy atom. The topological polar surface area (TPSA) is 91.3 Å². The van der Waals surface area contributed by atoms with E-state index >= 15 is 0 Å². The molecular weight excluding hydrogens is 328 g/mol. The molecule has 2 rings (SSSR count). The molecular formula is C19H26N6O. The third kappa shape index (κ3) is 7.29. The van der Waals surface area contributed by atoms with Crippen LogP contribution in [0.25, 0.3) is 0 Å². The van der Waals surface area contributed by atoms with Crippen LogP contribution < -0.4 is 16.0 Å². The molecule has 2 aromatic heterocycles. The molecule has 0 aliphatic carbocycles. The summed E-state index contributed by atoms with van der Waals surface area (Å²) in [5.41, 5.74) is 2.08. The number of carbonyl (C=O) groups is 1. The Kier molecular flexibility index (Phi) is 8.05. The van der Waals surface area contributed by atoms with E-state index in [1.54, 1.807) is 18.5 Å². The molecule has 1 amide bonds. The number of rotatable bonds is 8. The van der Waals surface area contributed by atoms with Gasteiger partial charge in [-0.3, -0.25) is 14.8 Å². The van der Waals surface area contributed by atoms with Crippen LogP contribution in [-0.2, 0) is 11.2 Å². The van der Waals surface area contributed by atoms with Gasteiger partial charge in [0, 0.05) is 44.0 Å². The first-order chi connectivity index (χ1) is 12.7. The van der Waals surface area contributed by atoms with Crippen molar-refractivity contribution in [2.24, 2.45) is 4.99 Å². The first kappa shape index (κ1) is 19.4. The molecule has 0 saturated carbocycles. The zero-order valence-electron chi connectivity index (χ0n) is 15.3. The normalized spacial score (nSPS) is 11.1. The van der Waals surface area contributed by atoms with Gasteiger partial charge in [-0.1, -0.05) is 12.1 Å². The average Bonchev–Trinajstić information content (AvgIpc) is 2.64. The number of aliphatic imine (C=N–C) groups is 1. The first-order valence-corrected chi connectivity index (χ1v) is 8.82. The van der Waals surface area contributed by atoms with Gasteiger partial charge in [0.15, 0.2) is 5.96 Å². The van der Waals surface area contributed by atoms with Crippen molar-refractivity contribution in [3.63, 3.8) is 0 Å². The predicted octanol–water partition coefficient (Wildman–Crippen LogP) is 1.91. The summed E-state index contributed by atoms with van der Waals surface area (Å²) >= 11 is 0. The summed E-state index contributed by atoms with van der Waals surface area (Å²) in [7, 11) is 0. The summed E-state index contributed by atoms with van der Waals surface area (Å²) in [5.74, 6) is 1.16. The molecule has 7 nitrogen and oxygen atoms in total. The summed E-state index contributed by atoms with van der Waals surface area (Å²) in [6.45, 7) is 5.84. The minimum Gasteiger partial charge on any atom is -0.357 e. The van der Waals surface area contributed by atoms with E-state index in [0.29, 0.717) is 24.7 Å². The number of aromatic nitrogens is 2. The van der Waals surface area contributed by atoms with E-state index in [4.69, 9.17) is 0 Å². The molecule has 0 spiro atoms. The molecule has 0 aliphatic rings. The van der Waals surface area contributed by atoms with Gasteiger partial charge in [0.2, 0.25) is 5.91 Å². The van der Waals surface area contributed by atoms with Crippen LogP contribution >= 0.6 is 0 Å². The molecule has 0 fully saturated rings. The lowest BCUT2D eigenvalue weighted by atomic mass is 10.3. The monoisotopic (exact) mass is 354 g/mol. The van der Waals surface area contributed by atoms with Crippen molar-refractivity contribution in [3.05, 3.63) is 54.0 Å². The minimum atomic E-state index is -0.102. The van der Waals surface area contributed by atoms with Gasteiger partial charge < -0.3 is 16.0 Å². The van der Waals surface area contributed by atoms with Crippen molar-refractivity contribution in [1.82, 2.24) is 20.6 Å². The zero-order chi connectivity index (χ0) is 18.6. The van der Waals surface area contributed by atoms with Crippen LogP contribution in [0.1, 0.15) is 24.6 Å². The molecule has 26 heavy (non-hydrogen) atoms. The van der Waals surface area contributed by atoms with Crippen molar-refractivity contribution in [2.45, 2.75) is 26.7 Å². The highest BCUT2D eigenvalue weighted by atomic mass is 16.1. The van der Waals surface area contributed by atoms with Gasteiger partial charge in [-0.25, -0.2) is 4.98 Å². The van der Waals surface area contributed by atoms with Crippen molar-refractivity contribution >= 4 is 17.7 Å². The Morgan fingerprint density at radius 1 is 1.15 bits per heavy atom. The standard InChI is InChI=1S/C19H26N6O/c1-3-20-19(22-12-9-16-6-4-5-11-21-16)23-13-10-18(26)25-17-8-7-15(2)14-24-17/h4-8,11,14H,3,9-10,12-13H2,1-2H3,(H2,20,22,23)(H,24,25,26). The Hall–Kier alpha value is -2.96. The van der Waals surface area contributed by atoms with Gasteiger partial charge >= 0.3 is 0 Å². The van der Waals surface area contributed by atoms with E-state index < -0.39 is 0 Å². The molecule has 0 radical (unpaired) electrons. The molecule has 3 N–H and O–H groups in total. The highest BCUT2D eigenvalue weighted by Crippen LogP contribution is 2.04. The first-order valence-electron chi connectivity index (χ1n) is 8.82. The van der Waals surface area contributed by atoms with Crippen LogP contribution in [0.4, 0.5) is 5.82 Å². The summed E-state index contributed by atoms with van der Waals surface area (Å²) < 4.78 is 0. The van der Waals surface area contributed by atoms with Gasteiger partial charge in [-0.15, -0.1) is 0 Å². The molecule has 0 unspecified atom stereocenters. The third-order valence-electron chi connectivity index (χ3n) is 3.53. The number of pyridine rings is 2.